The summed E-state index contributed by atoms with van der Waals surface area (Å²) in [5.41, 5.74) is 1.33. The molecular weight excluding hydrogens is 281 g/mol. The van der Waals surface area contributed by atoms with Crippen molar-refractivity contribution >= 4 is 17.3 Å². The van der Waals surface area contributed by atoms with Gasteiger partial charge in [0.1, 0.15) is 12.2 Å². The van der Waals surface area contributed by atoms with Gasteiger partial charge in [0.2, 0.25) is 0 Å². The molecule has 1 aromatic carbocycles. The van der Waals surface area contributed by atoms with E-state index in [0.29, 0.717) is 4.90 Å². The van der Waals surface area contributed by atoms with Gasteiger partial charge in [0, 0.05) is 18.7 Å². The number of nitrogens with two attached hydrogens (primary N) is 1. The first-order chi connectivity index (χ1) is 9.15. The van der Waals surface area contributed by atoms with E-state index in [4.69, 9.17) is 5.84 Å². The molecule has 0 spiro atoms. The predicted molar refractivity (Wildman–Crippen MR) is 63.9 cm³/mol. The highest BCUT2D eigenvalue weighted by molar-refractivity contribution is 5.95. The maximum atomic E-state index is 12.2. The molecule has 0 aliphatic carbocycles. The summed E-state index contributed by atoms with van der Waals surface area (Å²) in [6.07, 6.45) is -4.53. The second kappa shape index (κ2) is 5.74. The fraction of sp³-hybridized carbons (Fsp3) is 0.300. The molecule has 0 atom stereocenters. The molecule has 1 rings (SSSR count). The second-order valence-corrected chi connectivity index (χ2v) is 3.91. The number of nitro groups is 1. The number of carbonyl (C=O) groups is 1. The highest BCUT2D eigenvalue weighted by atomic mass is 19.4. The summed E-state index contributed by atoms with van der Waals surface area (Å²) in [5.74, 6) is 4.15. The number of rotatable bonds is 4. The summed E-state index contributed by atoms with van der Waals surface area (Å²) < 4.78 is 36.5. The molecule has 1 amide bonds. The normalized spacial score (nSPS) is 11.1. The number of carbonyl (C=O) groups excluding carboxylic acids is 1. The quantitative estimate of drug-likeness (QED) is 0.497. The maximum absolute atomic E-state index is 12.2. The van der Waals surface area contributed by atoms with Crippen molar-refractivity contribution in [2.24, 2.45) is 5.84 Å². The van der Waals surface area contributed by atoms with Gasteiger partial charge in [-0.25, -0.2) is 0 Å². The van der Waals surface area contributed by atoms with Crippen molar-refractivity contribution in [2.45, 2.75) is 6.18 Å². The molecule has 0 aliphatic rings. The third-order valence-corrected chi connectivity index (χ3v) is 2.36. The molecule has 0 saturated carbocycles. The number of hydrogen-bond acceptors (Lipinski definition) is 5. The van der Waals surface area contributed by atoms with Crippen molar-refractivity contribution in [1.82, 2.24) is 4.90 Å². The number of nitrogens with one attached hydrogen (secondary N) is 1. The van der Waals surface area contributed by atoms with E-state index >= 15 is 0 Å². The Kier molecular flexibility index (Phi) is 4.50. The number of alkyl halides is 3. The molecule has 0 bridgehead atoms. The number of anilines is 1. The molecule has 3 N–H and O–H groups in total. The lowest BCUT2D eigenvalue weighted by molar-refractivity contribution is -0.384. The molecule has 0 radical (unpaired) electrons. The number of amides is 1. The van der Waals surface area contributed by atoms with Gasteiger partial charge in [0.25, 0.3) is 11.6 Å². The van der Waals surface area contributed by atoms with Crippen LogP contribution >= 0.6 is 0 Å². The molecule has 10 heteroatoms. The number of hydrazine groups is 1. The van der Waals surface area contributed by atoms with Gasteiger partial charge < -0.3 is 10.3 Å². The van der Waals surface area contributed by atoms with Gasteiger partial charge in [-0.05, 0) is 12.1 Å². The van der Waals surface area contributed by atoms with E-state index in [0.717, 1.165) is 25.2 Å². The van der Waals surface area contributed by atoms with E-state index in [1.807, 2.05) is 5.43 Å². The fourth-order valence-corrected chi connectivity index (χ4v) is 1.51. The average molecular weight is 292 g/mol. The van der Waals surface area contributed by atoms with E-state index < -0.39 is 23.6 Å². The van der Waals surface area contributed by atoms with Crippen LogP contribution in [0, 0.1) is 10.1 Å². The Labute approximate surface area is 111 Å². The number of nitro benzene ring substituents is 1. The Morgan fingerprint density at radius 2 is 2.10 bits per heavy atom. The molecule has 0 unspecified atom stereocenters. The zero-order valence-corrected chi connectivity index (χ0v) is 10.3. The Hall–Kier alpha value is -2.36. The summed E-state index contributed by atoms with van der Waals surface area (Å²) in [7, 11) is 0.979. The summed E-state index contributed by atoms with van der Waals surface area (Å²) in [6.45, 7) is -1.42. The van der Waals surface area contributed by atoms with Gasteiger partial charge in [-0.2, -0.15) is 13.2 Å². The summed E-state index contributed by atoms with van der Waals surface area (Å²) in [4.78, 5) is 22.1. The van der Waals surface area contributed by atoms with Gasteiger partial charge in [0.05, 0.1) is 4.92 Å². The monoisotopic (exact) mass is 292 g/mol. The minimum Gasteiger partial charge on any atom is -0.333 e. The molecule has 0 aromatic heterocycles. The Morgan fingerprint density at radius 1 is 1.50 bits per heavy atom. The van der Waals surface area contributed by atoms with Crippen LogP contribution in [0.5, 0.6) is 0 Å². The van der Waals surface area contributed by atoms with Gasteiger partial charge >= 0.3 is 6.18 Å². The van der Waals surface area contributed by atoms with Crippen LogP contribution in [0.1, 0.15) is 10.4 Å². The molecule has 0 saturated heterocycles. The van der Waals surface area contributed by atoms with E-state index in [1.54, 1.807) is 0 Å². The minimum absolute atomic E-state index is 0.143. The number of hydrogen-bond donors (Lipinski definition) is 2. The Balaban J connectivity index is 3.03. The third kappa shape index (κ3) is 3.82. The highest BCUT2D eigenvalue weighted by Gasteiger charge is 2.31. The topological polar surface area (TPSA) is 102 Å². The van der Waals surface area contributed by atoms with Gasteiger partial charge in [-0.3, -0.25) is 20.8 Å². The molecule has 7 nitrogen and oxygen atoms in total. The average Bonchev–Trinajstić information content (AvgIpc) is 2.34. The van der Waals surface area contributed by atoms with Crippen molar-refractivity contribution in [2.75, 3.05) is 19.0 Å². The lowest BCUT2D eigenvalue weighted by Crippen LogP contribution is -2.35. The number of halogens is 3. The van der Waals surface area contributed by atoms with Crippen LogP contribution in [0.3, 0.4) is 0 Å². The lowest BCUT2D eigenvalue weighted by atomic mass is 10.1. The Bertz CT molecular complexity index is 533. The first kappa shape index (κ1) is 15.7. The molecular formula is C10H11F3N4O3. The second-order valence-electron chi connectivity index (χ2n) is 3.91. The smallest absolute Gasteiger partial charge is 0.333 e. The van der Waals surface area contributed by atoms with Crippen molar-refractivity contribution < 1.29 is 22.9 Å². The van der Waals surface area contributed by atoms with Crippen molar-refractivity contribution in [3.05, 3.63) is 33.9 Å². The lowest BCUT2D eigenvalue weighted by Gasteiger charge is -2.19. The van der Waals surface area contributed by atoms with E-state index in [2.05, 4.69) is 0 Å². The zero-order valence-electron chi connectivity index (χ0n) is 10.3. The van der Waals surface area contributed by atoms with Gasteiger partial charge in [-0.1, -0.05) is 0 Å². The first-order valence-corrected chi connectivity index (χ1v) is 5.23. The largest absolute Gasteiger partial charge is 0.406 e. The van der Waals surface area contributed by atoms with Crippen molar-refractivity contribution in [3.63, 3.8) is 0 Å². The van der Waals surface area contributed by atoms with Crippen LogP contribution in [-0.2, 0) is 0 Å². The number of nitrogens with zero attached hydrogens (tertiary/aromatic N) is 2. The van der Waals surface area contributed by atoms with Crippen LogP contribution in [0.2, 0.25) is 0 Å². The molecule has 0 heterocycles. The summed E-state index contributed by atoms with van der Waals surface area (Å²) >= 11 is 0. The molecule has 20 heavy (non-hydrogen) atoms. The first-order valence-electron chi connectivity index (χ1n) is 5.23. The van der Waals surface area contributed by atoms with E-state index in [9.17, 15) is 28.1 Å². The van der Waals surface area contributed by atoms with Crippen LogP contribution in [0.4, 0.5) is 24.5 Å². The minimum atomic E-state index is -4.53. The van der Waals surface area contributed by atoms with Crippen molar-refractivity contribution in [1.29, 1.82) is 0 Å². The van der Waals surface area contributed by atoms with Crippen molar-refractivity contribution in [3.8, 4) is 0 Å². The molecule has 0 aliphatic heterocycles. The van der Waals surface area contributed by atoms with Gasteiger partial charge in [-0.15, -0.1) is 0 Å². The van der Waals surface area contributed by atoms with Crippen LogP contribution in [0.15, 0.2) is 18.2 Å². The predicted octanol–water partition coefficient (Wildman–Crippen LogP) is 1.51. The summed E-state index contributed by atoms with van der Waals surface area (Å²) in [6, 6.07) is 3.07. The SMILES string of the molecule is CN(CC(F)(F)F)C(=O)c1ccc([N+](=O)[O-])c(NN)c1. The number of benzene rings is 1. The van der Waals surface area contributed by atoms with E-state index in [-0.39, 0.29) is 16.9 Å². The summed E-state index contributed by atoms with van der Waals surface area (Å²) in [5, 5.41) is 10.6. The molecule has 110 valence electrons. The van der Waals surface area contributed by atoms with Gasteiger partial charge in [0.15, 0.2) is 0 Å². The van der Waals surface area contributed by atoms with Crippen LogP contribution in [0.25, 0.3) is 0 Å². The molecule has 0 fully saturated rings. The maximum Gasteiger partial charge on any atom is 0.406 e. The fourth-order valence-electron chi connectivity index (χ4n) is 1.51. The Morgan fingerprint density at radius 3 is 2.55 bits per heavy atom. The standard InChI is InChI=1S/C10H11F3N4O3/c1-16(5-10(11,12)13)9(18)6-2-3-8(17(19)20)7(4-6)15-14/h2-4,15H,5,14H2,1H3. The highest BCUT2D eigenvalue weighted by Crippen LogP contribution is 2.25. The zero-order chi connectivity index (χ0) is 15.5. The van der Waals surface area contributed by atoms with E-state index in [1.165, 1.54) is 0 Å². The number of nitrogen functional groups attached to an aromatic ring is 1. The third-order valence-electron chi connectivity index (χ3n) is 2.36. The van der Waals surface area contributed by atoms with Crippen LogP contribution < -0.4 is 11.3 Å². The van der Waals surface area contributed by atoms with Crippen LogP contribution in [-0.4, -0.2) is 35.5 Å². The molecule has 1 aromatic rings.